The first-order chi connectivity index (χ1) is 16.5. The second-order valence-electron chi connectivity index (χ2n) is 7.37. The predicted molar refractivity (Wildman–Crippen MR) is 133 cm³/mol. The highest BCUT2D eigenvalue weighted by atomic mass is 35.5. The lowest BCUT2D eigenvalue weighted by Crippen LogP contribution is -1.99. The second-order valence-corrected chi connectivity index (χ2v) is 8.79. The molecule has 174 valence electrons. The number of aromatic nitrogens is 1. The average molecular weight is 496 g/mol. The molecule has 0 aliphatic heterocycles. The van der Waals surface area contributed by atoms with Gasteiger partial charge in [0.15, 0.2) is 5.76 Å². The molecule has 0 aliphatic rings. The lowest BCUT2D eigenvalue weighted by Gasteiger charge is -2.05. The molecular weight excluding hydrogens is 474 g/mol. The van der Waals surface area contributed by atoms with Crippen LogP contribution in [0, 0.1) is 0 Å². The van der Waals surface area contributed by atoms with Gasteiger partial charge in [-0.05, 0) is 66.2 Å². The Labute approximate surface area is 206 Å². The Hall–Kier alpha value is -3.42. The van der Waals surface area contributed by atoms with E-state index in [9.17, 15) is 4.79 Å². The number of nitrogens with zero attached hydrogens (tertiary/aromatic N) is 1. The molecule has 8 heteroatoms. The molecule has 4 aromatic rings. The molecular formula is C26H22ClNO5S. The summed E-state index contributed by atoms with van der Waals surface area (Å²) in [7, 11) is 3.25. The number of rotatable bonds is 9. The third-order valence-electron chi connectivity index (χ3n) is 5.09. The molecule has 4 rings (SSSR count). The maximum absolute atomic E-state index is 10.9. The largest absolute Gasteiger partial charge is 0.497 e. The lowest BCUT2D eigenvalue weighted by atomic mass is 10.1. The first-order valence-electron chi connectivity index (χ1n) is 10.4. The van der Waals surface area contributed by atoms with Gasteiger partial charge in [-0.1, -0.05) is 17.7 Å². The van der Waals surface area contributed by atoms with Crippen molar-refractivity contribution in [1.82, 2.24) is 4.98 Å². The lowest BCUT2D eigenvalue weighted by molar-refractivity contribution is -0.136. The average Bonchev–Trinajstić information content (AvgIpc) is 3.27. The highest BCUT2D eigenvalue weighted by Crippen LogP contribution is 2.37. The molecule has 0 unspecified atom stereocenters. The predicted octanol–water partition coefficient (Wildman–Crippen LogP) is 6.60. The molecule has 1 aromatic heterocycles. The fraction of sp³-hybridized carbons (Fsp3) is 0.154. The smallest absolute Gasteiger partial charge is 0.307 e. The van der Waals surface area contributed by atoms with Crippen molar-refractivity contribution in [3.8, 4) is 34.1 Å². The fourth-order valence-electron chi connectivity index (χ4n) is 3.39. The molecule has 0 aliphatic carbocycles. The van der Waals surface area contributed by atoms with E-state index in [1.54, 1.807) is 26.4 Å². The number of oxazole rings is 1. The van der Waals surface area contributed by atoms with Crippen LogP contribution in [-0.4, -0.2) is 30.3 Å². The van der Waals surface area contributed by atoms with Crippen molar-refractivity contribution >= 4 is 29.3 Å². The summed E-state index contributed by atoms with van der Waals surface area (Å²) in [5.74, 6) is 2.28. The Morgan fingerprint density at radius 1 is 0.971 bits per heavy atom. The number of halogens is 1. The molecule has 3 aromatic carbocycles. The third kappa shape index (κ3) is 5.55. The topological polar surface area (TPSA) is 81.8 Å². The number of carboxylic acids is 1. The molecule has 0 radical (unpaired) electrons. The van der Waals surface area contributed by atoms with Crippen LogP contribution in [0.4, 0.5) is 0 Å². The van der Waals surface area contributed by atoms with Gasteiger partial charge in [-0.3, -0.25) is 4.79 Å². The Balaban J connectivity index is 1.62. The van der Waals surface area contributed by atoms with Gasteiger partial charge in [0.25, 0.3) is 0 Å². The summed E-state index contributed by atoms with van der Waals surface area (Å²) in [5.41, 5.74) is 3.17. The summed E-state index contributed by atoms with van der Waals surface area (Å²) in [5, 5.41) is 9.47. The monoisotopic (exact) mass is 495 g/mol. The summed E-state index contributed by atoms with van der Waals surface area (Å²) in [6.07, 6.45) is -0.0686. The number of carbonyl (C=O) groups is 1. The fourth-order valence-corrected chi connectivity index (χ4v) is 4.52. The maximum Gasteiger partial charge on any atom is 0.307 e. The zero-order valence-corrected chi connectivity index (χ0v) is 20.2. The molecule has 0 saturated carbocycles. The van der Waals surface area contributed by atoms with E-state index in [0.717, 1.165) is 33.2 Å². The molecule has 6 nitrogen and oxygen atoms in total. The third-order valence-corrected chi connectivity index (χ3v) is 6.57. The van der Waals surface area contributed by atoms with Crippen molar-refractivity contribution < 1.29 is 23.8 Å². The zero-order valence-electron chi connectivity index (χ0n) is 18.6. The van der Waals surface area contributed by atoms with Crippen LogP contribution in [0.2, 0.25) is 5.02 Å². The van der Waals surface area contributed by atoms with Crippen molar-refractivity contribution in [2.24, 2.45) is 0 Å². The van der Waals surface area contributed by atoms with E-state index in [2.05, 4.69) is 0 Å². The number of hydrogen-bond acceptors (Lipinski definition) is 6. The minimum Gasteiger partial charge on any atom is -0.497 e. The molecule has 0 saturated heterocycles. The molecule has 34 heavy (non-hydrogen) atoms. The van der Waals surface area contributed by atoms with Gasteiger partial charge in [-0.15, -0.1) is 11.8 Å². The van der Waals surface area contributed by atoms with Gasteiger partial charge in [0.05, 0.1) is 31.4 Å². The van der Waals surface area contributed by atoms with Gasteiger partial charge < -0.3 is 19.0 Å². The normalized spacial score (nSPS) is 10.8. The maximum atomic E-state index is 10.9. The number of hydrogen-bond donors (Lipinski definition) is 1. The second kappa shape index (κ2) is 10.7. The van der Waals surface area contributed by atoms with Gasteiger partial charge in [0.2, 0.25) is 5.89 Å². The quantitative estimate of drug-likeness (QED) is 0.262. The SMILES string of the molecule is COc1ccc(-c2nc(CSc3ccc(CC(=O)O)cc3Cl)oc2-c2ccc(OC)cc2)cc1. The summed E-state index contributed by atoms with van der Waals surface area (Å²) in [6.45, 7) is 0. The Kier molecular flexibility index (Phi) is 7.45. The van der Waals surface area contributed by atoms with Crippen LogP contribution in [0.3, 0.4) is 0 Å². The van der Waals surface area contributed by atoms with E-state index in [0.29, 0.717) is 28.0 Å². The van der Waals surface area contributed by atoms with Crippen LogP contribution >= 0.6 is 23.4 Å². The van der Waals surface area contributed by atoms with Crippen LogP contribution in [0.1, 0.15) is 11.5 Å². The van der Waals surface area contributed by atoms with E-state index >= 15 is 0 Å². The van der Waals surface area contributed by atoms with Gasteiger partial charge in [-0.25, -0.2) is 4.98 Å². The van der Waals surface area contributed by atoms with E-state index in [-0.39, 0.29) is 6.42 Å². The first kappa shape index (κ1) is 23.7. The van der Waals surface area contributed by atoms with Gasteiger partial charge in [0, 0.05) is 16.0 Å². The first-order valence-corrected chi connectivity index (χ1v) is 11.7. The standard InChI is InChI=1S/C26H22ClNO5S/c1-31-19-8-4-17(5-9-19)25-26(18-6-10-20(32-2)11-7-18)33-23(28-25)15-34-22-12-3-16(13-21(22)27)14-24(29)30/h3-13H,14-15H2,1-2H3,(H,29,30). The van der Waals surface area contributed by atoms with Crippen LogP contribution in [0.25, 0.3) is 22.6 Å². The number of thioether (sulfide) groups is 1. The molecule has 0 spiro atoms. The van der Waals surface area contributed by atoms with Crippen LogP contribution in [0.5, 0.6) is 11.5 Å². The van der Waals surface area contributed by atoms with Crippen molar-refractivity contribution in [3.63, 3.8) is 0 Å². The van der Waals surface area contributed by atoms with E-state index in [4.69, 9.17) is 35.6 Å². The summed E-state index contributed by atoms with van der Waals surface area (Å²) < 4.78 is 16.7. The van der Waals surface area contributed by atoms with Crippen molar-refractivity contribution in [1.29, 1.82) is 0 Å². The highest BCUT2D eigenvalue weighted by Gasteiger charge is 2.18. The minimum absolute atomic E-state index is 0.0686. The van der Waals surface area contributed by atoms with E-state index in [1.807, 2.05) is 54.6 Å². The Morgan fingerprint density at radius 3 is 2.15 bits per heavy atom. The van der Waals surface area contributed by atoms with Crippen LogP contribution in [0.15, 0.2) is 76.0 Å². The molecule has 1 heterocycles. The van der Waals surface area contributed by atoms with Gasteiger partial charge in [0.1, 0.15) is 17.2 Å². The number of ether oxygens (including phenoxy) is 2. The highest BCUT2D eigenvalue weighted by molar-refractivity contribution is 7.98. The molecule has 1 N–H and O–H groups in total. The van der Waals surface area contributed by atoms with E-state index < -0.39 is 5.97 Å². The number of benzene rings is 3. The van der Waals surface area contributed by atoms with Crippen molar-refractivity contribution in [2.45, 2.75) is 17.1 Å². The van der Waals surface area contributed by atoms with Crippen LogP contribution < -0.4 is 9.47 Å². The molecule has 0 bridgehead atoms. The molecule has 0 amide bonds. The zero-order chi connectivity index (χ0) is 24.1. The van der Waals surface area contributed by atoms with Crippen molar-refractivity contribution in [2.75, 3.05) is 14.2 Å². The van der Waals surface area contributed by atoms with Crippen molar-refractivity contribution in [3.05, 3.63) is 83.2 Å². The number of aliphatic carboxylic acids is 1. The Bertz CT molecular complexity index is 1220. The summed E-state index contributed by atoms with van der Waals surface area (Å²) >= 11 is 7.85. The minimum atomic E-state index is -0.895. The molecule has 0 atom stereocenters. The van der Waals surface area contributed by atoms with Crippen LogP contribution in [-0.2, 0) is 17.0 Å². The van der Waals surface area contributed by atoms with E-state index in [1.165, 1.54) is 11.8 Å². The molecule has 0 fully saturated rings. The Morgan fingerprint density at radius 2 is 1.59 bits per heavy atom. The summed E-state index contributed by atoms with van der Waals surface area (Å²) in [4.78, 5) is 16.5. The number of carboxylic acid groups (broad SMARTS) is 1. The number of methoxy groups -OCH3 is 2. The summed E-state index contributed by atoms with van der Waals surface area (Å²) in [6, 6.07) is 20.5. The van der Waals surface area contributed by atoms with Gasteiger partial charge >= 0.3 is 5.97 Å². The van der Waals surface area contributed by atoms with Gasteiger partial charge in [-0.2, -0.15) is 0 Å².